The number of anilines is 2. The first-order valence-electron chi connectivity index (χ1n) is 5.33. The summed E-state index contributed by atoms with van der Waals surface area (Å²) in [4.78, 5) is 2.07. The lowest BCUT2D eigenvalue weighted by Crippen LogP contribution is -2.19. The SMILES string of the molecule is CCCCN(C)c1cc(C)c(F)cc1N. The molecule has 0 amide bonds. The van der Waals surface area contributed by atoms with Crippen molar-refractivity contribution in [3.63, 3.8) is 0 Å². The molecule has 0 spiro atoms. The predicted octanol–water partition coefficient (Wildman–Crippen LogP) is 2.95. The molecular weight excluding hydrogens is 191 g/mol. The average molecular weight is 210 g/mol. The molecule has 0 saturated heterocycles. The van der Waals surface area contributed by atoms with E-state index >= 15 is 0 Å². The molecule has 1 aromatic carbocycles. The highest BCUT2D eigenvalue weighted by Gasteiger charge is 2.08. The maximum Gasteiger partial charge on any atom is 0.128 e. The van der Waals surface area contributed by atoms with Crippen molar-refractivity contribution in [2.75, 3.05) is 24.2 Å². The molecule has 0 fully saturated rings. The molecule has 0 aliphatic heterocycles. The van der Waals surface area contributed by atoms with E-state index in [9.17, 15) is 4.39 Å². The van der Waals surface area contributed by atoms with Crippen molar-refractivity contribution in [1.29, 1.82) is 0 Å². The van der Waals surface area contributed by atoms with Crippen LogP contribution in [-0.2, 0) is 0 Å². The van der Waals surface area contributed by atoms with Gasteiger partial charge in [-0.1, -0.05) is 13.3 Å². The van der Waals surface area contributed by atoms with E-state index in [1.807, 2.05) is 7.05 Å². The fourth-order valence-electron chi connectivity index (χ4n) is 1.53. The van der Waals surface area contributed by atoms with Crippen LogP contribution in [0.15, 0.2) is 12.1 Å². The monoisotopic (exact) mass is 210 g/mol. The van der Waals surface area contributed by atoms with Gasteiger partial charge < -0.3 is 10.6 Å². The van der Waals surface area contributed by atoms with Gasteiger partial charge in [0, 0.05) is 13.6 Å². The van der Waals surface area contributed by atoms with Crippen LogP contribution in [0.2, 0.25) is 0 Å². The molecule has 0 aliphatic rings. The lowest BCUT2D eigenvalue weighted by molar-refractivity contribution is 0.619. The lowest BCUT2D eigenvalue weighted by atomic mass is 10.1. The first-order chi connectivity index (χ1) is 7.06. The first-order valence-corrected chi connectivity index (χ1v) is 5.33. The molecule has 0 aromatic heterocycles. The standard InChI is InChI=1S/C12H19FN2/c1-4-5-6-15(3)12-7-9(2)10(13)8-11(12)14/h7-8H,4-6,14H2,1-3H3. The van der Waals surface area contributed by atoms with E-state index < -0.39 is 0 Å². The molecule has 3 heteroatoms. The molecule has 0 atom stereocenters. The van der Waals surface area contributed by atoms with Crippen LogP contribution in [0, 0.1) is 12.7 Å². The summed E-state index contributed by atoms with van der Waals surface area (Å²) in [6, 6.07) is 3.20. The van der Waals surface area contributed by atoms with Gasteiger partial charge in [0.05, 0.1) is 11.4 Å². The van der Waals surface area contributed by atoms with Crippen LogP contribution in [0.3, 0.4) is 0 Å². The Morgan fingerprint density at radius 3 is 2.67 bits per heavy atom. The van der Waals surface area contributed by atoms with E-state index in [1.165, 1.54) is 6.07 Å². The third-order valence-corrected chi connectivity index (χ3v) is 2.57. The van der Waals surface area contributed by atoms with Crippen molar-refractivity contribution in [2.24, 2.45) is 0 Å². The summed E-state index contributed by atoms with van der Waals surface area (Å²) in [5.41, 5.74) is 7.85. The highest BCUT2D eigenvalue weighted by Crippen LogP contribution is 2.25. The second-order valence-electron chi connectivity index (χ2n) is 3.94. The summed E-state index contributed by atoms with van der Waals surface area (Å²) in [5, 5.41) is 0. The minimum Gasteiger partial charge on any atom is -0.397 e. The third-order valence-electron chi connectivity index (χ3n) is 2.57. The second-order valence-corrected chi connectivity index (χ2v) is 3.94. The quantitative estimate of drug-likeness (QED) is 0.774. The Labute approximate surface area is 90.9 Å². The van der Waals surface area contributed by atoms with Crippen molar-refractivity contribution in [3.8, 4) is 0 Å². The van der Waals surface area contributed by atoms with E-state index in [1.54, 1.807) is 13.0 Å². The van der Waals surface area contributed by atoms with E-state index in [0.717, 1.165) is 25.1 Å². The van der Waals surface area contributed by atoms with Gasteiger partial charge in [0.2, 0.25) is 0 Å². The highest BCUT2D eigenvalue weighted by molar-refractivity contribution is 5.68. The van der Waals surface area contributed by atoms with Crippen LogP contribution in [0.5, 0.6) is 0 Å². The normalized spacial score (nSPS) is 10.4. The van der Waals surface area contributed by atoms with E-state index in [2.05, 4.69) is 11.8 Å². The van der Waals surface area contributed by atoms with Gasteiger partial charge in [-0.15, -0.1) is 0 Å². The molecule has 0 saturated carbocycles. The Balaban J connectivity index is 2.88. The summed E-state index contributed by atoms with van der Waals surface area (Å²) >= 11 is 0. The number of benzene rings is 1. The molecule has 0 heterocycles. The number of halogens is 1. The number of nitrogens with zero attached hydrogens (tertiary/aromatic N) is 1. The van der Waals surface area contributed by atoms with Crippen LogP contribution in [0.25, 0.3) is 0 Å². The van der Waals surface area contributed by atoms with Crippen molar-refractivity contribution >= 4 is 11.4 Å². The number of nitrogen functional groups attached to an aromatic ring is 1. The fourth-order valence-corrected chi connectivity index (χ4v) is 1.53. The molecule has 0 bridgehead atoms. The Morgan fingerprint density at radius 2 is 2.07 bits per heavy atom. The van der Waals surface area contributed by atoms with Crippen molar-refractivity contribution in [2.45, 2.75) is 26.7 Å². The summed E-state index contributed by atoms with van der Waals surface area (Å²) in [5.74, 6) is -0.236. The van der Waals surface area contributed by atoms with E-state index in [-0.39, 0.29) is 5.82 Å². The van der Waals surface area contributed by atoms with Crippen molar-refractivity contribution < 1.29 is 4.39 Å². The molecule has 1 rings (SSSR count). The van der Waals surface area contributed by atoms with Crippen LogP contribution in [0.1, 0.15) is 25.3 Å². The van der Waals surface area contributed by atoms with Crippen LogP contribution >= 0.6 is 0 Å². The van der Waals surface area contributed by atoms with Gasteiger partial charge in [0.15, 0.2) is 0 Å². The zero-order valence-electron chi connectivity index (χ0n) is 9.68. The molecular formula is C12H19FN2. The molecule has 15 heavy (non-hydrogen) atoms. The average Bonchev–Trinajstić information content (AvgIpc) is 2.20. The summed E-state index contributed by atoms with van der Waals surface area (Å²) in [6.07, 6.45) is 2.26. The molecule has 1 aromatic rings. The molecule has 2 N–H and O–H groups in total. The summed E-state index contributed by atoms with van der Waals surface area (Å²) < 4.78 is 13.2. The first kappa shape index (κ1) is 11.8. The minimum atomic E-state index is -0.236. The summed E-state index contributed by atoms with van der Waals surface area (Å²) in [6.45, 7) is 4.85. The van der Waals surface area contributed by atoms with Gasteiger partial charge in [-0.25, -0.2) is 4.39 Å². The van der Waals surface area contributed by atoms with E-state index in [4.69, 9.17) is 5.73 Å². The third kappa shape index (κ3) is 2.85. The minimum absolute atomic E-state index is 0.236. The van der Waals surface area contributed by atoms with Gasteiger partial charge in [0.1, 0.15) is 5.82 Å². The number of rotatable bonds is 4. The number of hydrogen-bond acceptors (Lipinski definition) is 2. The Kier molecular flexibility index (Phi) is 3.95. The maximum atomic E-state index is 13.2. The lowest BCUT2D eigenvalue weighted by Gasteiger charge is -2.21. The van der Waals surface area contributed by atoms with Gasteiger partial charge in [0.25, 0.3) is 0 Å². The van der Waals surface area contributed by atoms with Crippen molar-refractivity contribution in [1.82, 2.24) is 0 Å². The molecule has 0 aliphatic carbocycles. The number of hydrogen-bond donors (Lipinski definition) is 1. The Morgan fingerprint density at radius 1 is 1.40 bits per heavy atom. The molecule has 0 radical (unpaired) electrons. The topological polar surface area (TPSA) is 29.3 Å². The smallest absolute Gasteiger partial charge is 0.128 e. The predicted molar refractivity (Wildman–Crippen MR) is 63.7 cm³/mol. The Hall–Kier alpha value is -1.25. The zero-order chi connectivity index (χ0) is 11.4. The Bertz CT molecular complexity index is 337. The highest BCUT2D eigenvalue weighted by atomic mass is 19.1. The van der Waals surface area contributed by atoms with Crippen LogP contribution in [0.4, 0.5) is 15.8 Å². The van der Waals surface area contributed by atoms with Crippen molar-refractivity contribution in [3.05, 3.63) is 23.5 Å². The maximum absolute atomic E-state index is 13.2. The second kappa shape index (κ2) is 5.01. The fraction of sp³-hybridized carbons (Fsp3) is 0.500. The number of nitrogens with two attached hydrogens (primary N) is 1. The molecule has 84 valence electrons. The van der Waals surface area contributed by atoms with Crippen LogP contribution in [-0.4, -0.2) is 13.6 Å². The number of aryl methyl sites for hydroxylation is 1. The largest absolute Gasteiger partial charge is 0.397 e. The van der Waals surface area contributed by atoms with Gasteiger partial charge >= 0.3 is 0 Å². The number of unbranched alkanes of at least 4 members (excludes halogenated alkanes) is 1. The summed E-state index contributed by atoms with van der Waals surface area (Å²) in [7, 11) is 1.98. The van der Waals surface area contributed by atoms with E-state index in [0.29, 0.717) is 11.3 Å². The molecule has 0 unspecified atom stereocenters. The molecule has 2 nitrogen and oxygen atoms in total. The zero-order valence-corrected chi connectivity index (χ0v) is 9.68. The van der Waals surface area contributed by atoms with Gasteiger partial charge in [-0.2, -0.15) is 0 Å². The van der Waals surface area contributed by atoms with Crippen LogP contribution < -0.4 is 10.6 Å². The van der Waals surface area contributed by atoms with Gasteiger partial charge in [-0.3, -0.25) is 0 Å². The van der Waals surface area contributed by atoms with Gasteiger partial charge in [-0.05, 0) is 31.0 Å².